The van der Waals surface area contributed by atoms with Crippen LogP contribution in [0.1, 0.15) is 96.6 Å². The van der Waals surface area contributed by atoms with Gasteiger partial charge >= 0.3 is 0 Å². The summed E-state index contributed by atoms with van der Waals surface area (Å²) in [6, 6.07) is 45.2. The summed E-state index contributed by atoms with van der Waals surface area (Å²) >= 11 is 0. The monoisotopic (exact) mass is 722 g/mol. The first kappa shape index (κ1) is 49.2. The molecule has 6 heteroatoms. The number of aryl methyl sites for hydroxylation is 1. The molecule has 0 saturated carbocycles. The molecule has 2 unspecified atom stereocenters. The lowest BCUT2D eigenvalue weighted by molar-refractivity contribution is 0.452. The second-order valence-corrected chi connectivity index (χ2v) is 11.1. The summed E-state index contributed by atoms with van der Waals surface area (Å²) in [6.45, 7) is 10.2. The summed E-state index contributed by atoms with van der Waals surface area (Å²) in [5.41, 5.74) is 5.12. The Hall–Kier alpha value is -5.88. The number of rotatable bonds is 5. The van der Waals surface area contributed by atoms with E-state index in [1.54, 1.807) is 12.1 Å². The molecule has 0 aromatic heterocycles. The molecule has 0 aliphatic carbocycles. The van der Waals surface area contributed by atoms with Gasteiger partial charge in [-0.15, -0.1) is 0 Å². The molecule has 286 valence electrons. The number of hydrogen-bond acceptors (Lipinski definition) is 6. The maximum atomic E-state index is 9.76. The van der Waals surface area contributed by atoms with E-state index in [4.69, 9.17) is 10.2 Å². The minimum atomic E-state index is 0. The maximum Gasteiger partial charge on any atom is 0.119 e. The van der Waals surface area contributed by atoms with Crippen LogP contribution in [0, 0.1) is 0 Å². The third kappa shape index (κ3) is 17.3. The molecule has 2 atom stereocenters. The van der Waals surface area contributed by atoms with Gasteiger partial charge in [0.1, 0.15) is 34.5 Å². The van der Waals surface area contributed by atoms with Crippen molar-refractivity contribution in [1.29, 1.82) is 0 Å². The van der Waals surface area contributed by atoms with E-state index in [1.807, 2.05) is 94.4 Å². The van der Waals surface area contributed by atoms with Crippen LogP contribution >= 0.6 is 0 Å². The van der Waals surface area contributed by atoms with Crippen molar-refractivity contribution in [2.24, 2.45) is 0 Å². The van der Waals surface area contributed by atoms with Crippen LogP contribution in [0.4, 0.5) is 0 Å². The second kappa shape index (κ2) is 26.9. The van der Waals surface area contributed by atoms with Gasteiger partial charge in [0.15, 0.2) is 0 Å². The van der Waals surface area contributed by atoms with Crippen molar-refractivity contribution in [3.8, 4) is 34.5 Å². The van der Waals surface area contributed by atoms with Crippen molar-refractivity contribution in [3.05, 3.63) is 179 Å². The van der Waals surface area contributed by atoms with E-state index in [2.05, 4.69) is 31.2 Å². The minimum Gasteiger partial charge on any atom is -0.508 e. The van der Waals surface area contributed by atoms with E-state index in [0.717, 1.165) is 28.7 Å². The zero-order valence-electron chi connectivity index (χ0n) is 29.5. The highest BCUT2D eigenvalue weighted by Crippen LogP contribution is 2.34. The van der Waals surface area contributed by atoms with Gasteiger partial charge in [0, 0.05) is 23.0 Å². The van der Waals surface area contributed by atoms with Gasteiger partial charge in [-0.25, -0.2) is 0 Å². The predicted molar refractivity (Wildman–Crippen MR) is 225 cm³/mol. The topological polar surface area (TPSA) is 121 Å². The SMILES string of the molecule is C.C.C.CC.CC(c1ccccc1)c1cc(O)ccc1O.CC(c1ccccc1)c1cc(O)ccc1O.CCc1ccccc1.Oc1ccc(O)cc1. The number of phenols is 6. The highest BCUT2D eigenvalue weighted by Gasteiger charge is 2.14. The fraction of sp³-hybridized carbons (Fsp3) is 0.234. The first-order valence-corrected chi connectivity index (χ1v) is 16.7. The molecule has 53 heavy (non-hydrogen) atoms. The molecule has 0 spiro atoms. The van der Waals surface area contributed by atoms with E-state index in [1.165, 1.54) is 54.1 Å². The van der Waals surface area contributed by atoms with Crippen molar-refractivity contribution in [3.63, 3.8) is 0 Å². The Bertz CT molecular complexity index is 1660. The van der Waals surface area contributed by atoms with E-state index in [-0.39, 0.29) is 68.6 Å². The molecule has 0 saturated heterocycles. The lowest BCUT2D eigenvalue weighted by Crippen LogP contribution is -1.95. The molecule has 0 bridgehead atoms. The molecule has 0 radical (unpaired) electrons. The smallest absolute Gasteiger partial charge is 0.119 e. The largest absolute Gasteiger partial charge is 0.508 e. The Morgan fingerprint density at radius 2 is 0.679 bits per heavy atom. The first-order chi connectivity index (χ1) is 24.1. The predicted octanol–water partition coefficient (Wildman–Crippen LogP) is 12.8. The molecule has 0 heterocycles. The average molecular weight is 723 g/mol. The molecule has 6 N–H and O–H groups in total. The number of aromatic hydroxyl groups is 6. The quantitative estimate of drug-likeness (QED) is 0.0985. The normalized spacial score (nSPS) is 10.3. The molecule has 6 rings (SSSR count). The van der Waals surface area contributed by atoms with E-state index < -0.39 is 0 Å². The number of phenolic OH excluding ortho intramolecular Hbond substituents is 6. The Kier molecular flexibility index (Phi) is 25.0. The van der Waals surface area contributed by atoms with Crippen LogP contribution in [0.25, 0.3) is 0 Å². The summed E-state index contributed by atoms with van der Waals surface area (Å²) in [6.07, 6.45) is 1.14. The summed E-state index contributed by atoms with van der Waals surface area (Å²) in [5, 5.41) is 55.6. The van der Waals surface area contributed by atoms with E-state index in [9.17, 15) is 20.4 Å². The van der Waals surface area contributed by atoms with Crippen LogP contribution in [-0.2, 0) is 6.42 Å². The standard InChI is InChI=1S/2C14H14O2.C8H10.C6H6O2.C2H6.3CH4/c2*1-10(11-5-3-2-4-6-11)13-9-12(15)7-8-14(13)16;1-2-8-6-4-3-5-7-8;7-5-1-2-6(8)4-3-5;1-2;;;/h2*2-10,15-16H,1H3;3-7H,2H2,1H3;1-4,7-8H;1-2H3;3*1H4. The number of benzene rings is 6. The minimum absolute atomic E-state index is 0. The fourth-order valence-corrected chi connectivity index (χ4v) is 4.79. The van der Waals surface area contributed by atoms with E-state index in [0.29, 0.717) is 0 Å². The molecule has 0 aliphatic heterocycles. The van der Waals surface area contributed by atoms with Crippen LogP contribution in [0.3, 0.4) is 0 Å². The zero-order valence-corrected chi connectivity index (χ0v) is 29.5. The highest BCUT2D eigenvalue weighted by atomic mass is 16.3. The molecule has 6 aromatic carbocycles. The lowest BCUT2D eigenvalue weighted by Gasteiger charge is -2.14. The summed E-state index contributed by atoms with van der Waals surface area (Å²) in [7, 11) is 0. The molecule has 0 fully saturated rings. The third-order valence-corrected chi connectivity index (χ3v) is 7.66. The summed E-state index contributed by atoms with van der Waals surface area (Å²) in [4.78, 5) is 0. The fourth-order valence-electron chi connectivity index (χ4n) is 4.79. The molecule has 0 aliphatic rings. The van der Waals surface area contributed by atoms with Crippen molar-refractivity contribution in [2.75, 3.05) is 0 Å². The van der Waals surface area contributed by atoms with Gasteiger partial charge in [-0.2, -0.15) is 0 Å². The Morgan fingerprint density at radius 1 is 0.396 bits per heavy atom. The van der Waals surface area contributed by atoms with Crippen LogP contribution in [-0.4, -0.2) is 30.6 Å². The zero-order chi connectivity index (χ0) is 36.9. The second-order valence-electron chi connectivity index (χ2n) is 11.1. The molecule has 0 amide bonds. The van der Waals surface area contributed by atoms with E-state index >= 15 is 0 Å². The van der Waals surface area contributed by atoms with Crippen LogP contribution in [0.5, 0.6) is 34.5 Å². The van der Waals surface area contributed by atoms with Gasteiger partial charge in [-0.05, 0) is 83.8 Å². The van der Waals surface area contributed by atoms with Crippen LogP contribution in [0.15, 0.2) is 152 Å². The number of hydrogen-bond donors (Lipinski definition) is 6. The Morgan fingerprint density at radius 3 is 0.962 bits per heavy atom. The van der Waals surface area contributed by atoms with Crippen molar-refractivity contribution in [2.45, 2.75) is 75.2 Å². The lowest BCUT2D eigenvalue weighted by atomic mass is 9.92. The Balaban J connectivity index is 0. The third-order valence-electron chi connectivity index (χ3n) is 7.66. The highest BCUT2D eigenvalue weighted by molar-refractivity contribution is 5.46. The first-order valence-electron chi connectivity index (χ1n) is 16.7. The van der Waals surface area contributed by atoms with Gasteiger partial charge in [0.05, 0.1) is 0 Å². The van der Waals surface area contributed by atoms with Crippen molar-refractivity contribution in [1.82, 2.24) is 0 Å². The van der Waals surface area contributed by atoms with Gasteiger partial charge in [0.25, 0.3) is 0 Å². The van der Waals surface area contributed by atoms with Gasteiger partial charge < -0.3 is 30.6 Å². The van der Waals surface area contributed by atoms with Gasteiger partial charge in [-0.1, -0.05) is 148 Å². The van der Waals surface area contributed by atoms with Gasteiger partial charge in [-0.3, -0.25) is 0 Å². The van der Waals surface area contributed by atoms with Crippen LogP contribution in [0.2, 0.25) is 0 Å². The van der Waals surface area contributed by atoms with Crippen LogP contribution < -0.4 is 0 Å². The van der Waals surface area contributed by atoms with Crippen molar-refractivity contribution >= 4 is 0 Å². The van der Waals surface area contributed by atoms with Crippen molar-refractivity contribution < 1.29 is 30.6 Å². The molecular weight excluding hydrogens is 661 g/mol. The average Bonchev–Trinajstić information content (AvgIpc) is 3.17. The Labute approximate surface area is 319 Å². The van der Waals surface area contributed by atoms with Gasteiger partial charge in [0.2, 0.25) is 0 Å². The summed E-state index contributed by atoms with van der Waals surface area (Å²) < 4.78 is 0. The molecular formula is C47H62O6. The molecule has 6 aromatic rings. The maximum absolute atomic E-state index is 9.76. The summed E-state index contributed by atoms with van der Waals surface area (Å²) in [5.74, 6) is 1.25. The molecule has 6 nitrogen and oxygen atoms in total.